The Morgan fingerprint density at radius 1 is 1.10 bits per heavy atom. The van der Waals surface area contributed by atoms with E-state index in [9.17, 15) is 9.18 Å². The van der Waals surface area contributed by atoms with E-state index < -0.39 is 5.82 Å². The Bertz CT molecular complexity index is 1020. The molecule has 0 unspecified atom stereocenters. The fourth-order valence-corrected chi connectivity index (χ4v) is 3.32. The van der Waals surface area contributed by atoms with Crippen molar-refractivity contribution in [2.45, 2.75) is 6.54 Å². The minimum Gasteiger partial charge on any atom is -0.497 e. The van der Waals surface area contributed by atoms with E-state index in [1.54, 1.807) is 24.1 Å². The highest BCUT2D eigenvalue weighted by Gasteiger charge is 2.23. The molecule has 1 fully saturated rings. The van der Waals surface area contributed by atoms with E-state index in [1.165, 1.54) is 12.1 Å². The second-order valence-electron chi connectivity index (χ2n) is 7.12. The van der Waals surface area contributed by atoms with Crippen LogP contribution >= 0.6 is 0 Å². The summed E-state index contributed by atoms with van der Waals surface area (Å²) in [5.41, 5.74) is 0.848. The summed E-state index contributed by atoms with van der Waals surface area (Å²) in [6.45, 7) is 2.78. The van der Waals surface area contributed by atoms with Crippen LogP contribution in [0.2, 0.25) is 0 Å². The Hall–Kier alpha value is -3.46. The van der Waals surface area contributed by atoms with E-state index in [1.807, 2.05) is 24.3 Å². The molecular formula is C22H23FN4O4. The molecule has 0 N–H and O–H groups in total. The third-order valence-electron chi connectivity index (χ3n) is 5.09. The van der Waals surface area contributed by atoms with Crippen molar-refractivity contribution in [3.05, 3.63) is 60.2 Å². The van der Waals surface area contributed by atoms with Gasteiger partial charge in [-0.3, -0.25) is 9.69 Å². The van der Waals surface area contributed by atoms with Gasteiger partial charge < -0.3 is 18.9 Å². The van der Waals surface area contributed by atoms with Crippen LogP contribution in [0.25, 0.3) is 11.4 Å². The Kier molecular flexibility index (Phi) is 6.42. The topological polar surface area (TPSA) is 80.9 Å². The lowest BCUT2D eigenvalue weighted by molar-refractivity contribution is -0.135. The van der Waals surface area contributed by atoms with Gasteiger partial charge in [0.25, 0.3) is 5.91 Å². The van der Waals surface area contributed by atoms with Gasteiger partial charge in [-0.1, -0.05) is 17.3 Å². The molecule has 1 aromatic heterocycles. The summed E-state index contributed by atoms with van der Waals surface area (Å²) >= 11 is 0. The van der Waals surface area contributed by atoms with Crippen molar-refractivity contribution in [1.82, 2.24) is 19.9 Å². The van der Waals surface area contributed by atoms with E-state index in [-0.39, 0.29) is 18.3 Å². The number of aromatic nitrogens is 2. The minimum atomic E-state index is -0.478. The summed E-state index contributed by atoms with van der Waals surface area (Å²) < 4.78 is 29.5. The molecule has 4 rings (SSSR count). The minimum absolute atomic E-state index is 0.0820. The quantitative estimate of drug-likeness (QED) is 0.574. The fourth-order valence-electron chi connectivity index (χ4n) is 3.32. The first kappa shape index (κ1) is 20.8. The summed E-state index contributed by atoms with van der Waals surface area (Å²) in [5.74, 6) is 1.25. The van der Waals surface area contributed by atoms with Crippen LogP contribution in [-0.4, -0.2) is 65.7 Å². The molecule has 162 valence electrons. The standard InChI is InChI=1S/C22H23FN4O4/c1-29-17-8-6-16(7-9-17)22-24-20(31-25-22)14-26-10-12-27(13-11-26)21(28)15-30-19-5-3-2-4-18(19)23/h2-9H,10-15H2,1H3. The van der Waals surface area contributed by atoms with Gasteiger partial charge in [-0.15, -0.1) is 0 Å². The van der Waals surface area contributed by atoms with Crippen LogP contribution in [0, 0.1) is 5.82 Å². The highest BCUT2D eigenvalue weighted by atomic mass is 19.1. The number of amides is 1. The molecule has 1 aliphatic heterocycles. The molecule has 0 bridgehead atoms. The van der Waals surface area contributed by atoms with Crippen LogP contribution in [0.15, 0.2) is 53.1 Å². The average Bonchev–Trinajstić information content (AvgIpc) is 3.27. The number of benzene rings is 2. The number of carbonyl (C=O) groups is 1. The zero-order valence-corrected chi connectivity index (χ0v) is 17.2. The summed E-state index contributed by atoms with van der Waals surface area (Å²) in [4.78, 5) is 20.7. The molecule has 0 aliphatic carbocycles. The SMILES string of the molecule is COc1ccc(-c2noc(CN3CCN(C(=O)COc4ccccc4F)CC3)n2)cc1. The lowest BCUT2D eigenvalue weighted by Crippen LogP contribution is -2.49. The molecule has 0 radical (unpaired) electrons. The van der Waals surface area contributed by atoms with Gasteiger partial charge in [0.1, 0.15) is 5.75 Å². The van der Waals surface area contributed by atoms with Gasteiger partial charge in [-0.05, 0) is 36.4 Å². The van der Waals surface area contributed by atoms with Crippen LogP contribution in [0.4, 0.5) is 4.39 Å². The number of ether oxygens (including phenoxy) is 2. The van der Waals surface area contributed by atoms with Crippen molar-refractivity contribution in [1.29, 1.82) is 0 Å². The number of hydrogen-bond donors (Lipinski definition) is 0. The maximum Gasteiger partial charge on any atom is 0.260 e. The van der Waals surface area contributed by atoms with E-state index in [0.29, 0.717) is 44.4 Å². The van der Waals surface area contributed by atoms with Crippen LogP contribution < -0.4 is 9.47 Å². The first-order chi connectivity index (χ1) is 15.1. The molecule has 0 spiro atoms. The number of nitrogens with zero attached hydrogens (tertiary/aromatic N) is 4. The second kappa shape index (κ2) is 9.57. The summed E-state index contributed by atoms with van der Waals surface area (Å²) in [5, 5.41) is 4.05. The Morgan fingerprint density at radius 2 is 1.84 bits per heavy atom. The lowest BCUT2D eigenvalue weighted by Gasteiger charge is -2.33. The zero-order chi connectivity index (χ0) is 21.6. The monoisotopic (exact) mass is 426 g/mol. The number of para-hydroxylation sites is 1. The highest BCUT2D eigenvalue weighted by molar-refractivity contribution is 5.77. The Balaban J connectivity index is 1.25. The second-order valence-corrected chi connectivity index (χ2v) is 7.12. The average molecular weight is 426 g/mol. The molecule has 8 nitrogen and oxygen atoms in total. The van der Waals surface area contributed by atoms with Gasteiger partial charge in [0.15, 0.2) is 18.2 Å². The molecule has 0 saturated carbocycles. The fraction of sp³-hybridized carbons (Fsp3) is 0.318. The molecule has 1 amide bonds. The van der Waals surface area contributed by atoms with Crippen molar-refractivity contribution in [3.63, 3.8) is 0 Å². The number of hydrogen-bond acceptors (Lipinski definition) is 7. The van der Waals surface area contributed by atoms with Crippen molar-refractivity contribution >= 4 is 5.91 Å². The van der Waals surface area contributed by atoms with Crippen molar-refractivity contribution in [3.8, 4) is 22.9 Å². The Morgan fingerprint density at radius 3 is 2.55 bits per heavy atom. The molecule has 9 heteroatoms. The normalized spacial score (nSPS) is 14.5. The summed E-state index contributed by atoms with van der Waals surface area (Å²) in [6, 6.07) is 13.5. The molecule has 2 heterocycles. The van der Waals surface area contributed by atoms with E-state index in [0.717, 1.165) is 11.3 Å². The number of carbonyl (C=O) groups excluding carboxylic acids is 1. The third-order valence-corrected chi connectivity index (χ3v) is 5.09. The molecule has 2 aromatic carbocycles. The van der Waals surface area contributed by atoms with Gasteiger partial charge in [-0.2, -0.15) is 4.98 Å². The van der Waals surface area contributed by atoms with E-state index >= 15 is 0 Å². The van der Waals surface area contributed by atoms with Crippen LogP contribution in [0.3, 0.4) is 0 Å². The largest absolute Gasteiger partial charge is 0.497 e. The van der Waals surface area contributed by atoms with Crippen molar-refractivity contribution in [2.24, 2.45) is 0 Å². The van der Waals surface area contributed by atoms with Crippen molar-refractivity contribution < 1.29 is 23.2 Å². The molecular weight excluding hydrogens is 403 g/mol. The van der Waals surface area contributed by atoms with E-state index in [4.69, 9.17) is 14.0 Å². The Labute approximate surface area is 179 Å². The zero-order valence-electron chi connectivity index (χ0n) is 17.2. The molecule has 31 heavy (non-hydrogen) atoms. The number of rotatable bonds is 7. The maximum atomic E-state index is 13.6. The van der Waals surface area contributed by atoms with Crippen LogP contribution in [-0.2, 0) is 11.3 Å². The van der Waals surface area contributed by atoms with Gasteiger partial charge in [0.2, 0.25) is 11.7 Å². The molecule has 0 atom stereocenters. The first-order valence-corrected chi connectivity index (χ1v) is 9.97. The summed E-state index contributed by atoms with van der Waals surface area (Å²) in [7, 11) is 1.62. The number of piperazine rings is 1. The van der Waals surface area contributed by atoms with Gasteiger partial charge in [0.05, 0.1) is 13.7 Å². The molecule has 1 saturated heterocycles. The molecule has 3 aromatic rings. The summed E-state index contributed by atoms with van der Waals surface area (Å²) in [6.07, 6.45) is 0. The molecule has 1 aliphatic rings. The van der Waals surface area contributed by atoms with Gasteiger partial charge in [-0.25, -0.2) is 4.39 Å². The smallest absolute Gasteiger partial charge is 0.260 e. The maximum absolute atomic E-state index is 13.6. The van der Waals surface area contributed by atoms with Gasteiger partial charge >= 0.3 is 0 Å². The lowest BCUT2D eigenvalue weighted by atomic mass is 10.2. The highest BCUT2D eigenvalue weighted by Crippen LogP contribution is 2.20. The predicted octanol–water partition coefficient (Wildman–Crippen LogP) is 2.61. The third kappa shape index (κ3) is 5.18. The van der Waals surface area contributed by atoms with Gasteiger partial charge in [0, 0.05) is 31.7 Å². The number of halogens is 1. The van der Waals surface area contributed by atoms with Crippen molar-refractivity contribution in [2.75, 3.05) is 39.9 Å². The number of methoxy groups -OCH3 is 1. The first-order valence-electron chi connectivity index (χ1n) is 9.97. The van der Waals surface area contributed by atoms with Crippen LogP contribution in [0.5, 0.6) is 11.5 Å². The predicted molar refractivity (Wildman–Crippen MR) is 110 cm³/mol. The van der Waals surface area contributed by atoms with E-state index in [2.05, 4.69) is 15.0 Å². The van der Waals surface area contributed by atoms with Crippen LogP contribution in [0.1, 0.15) is 5.89 Å².